The molecule has 0 spiro atoms. The summed E-state index contributed by atoms with van der Waals surface area (Å²) in [4.78, 5) is 23.0. The minimum atomic E-state index is -0.497. The number of aliphatic hydroxyl groups excluding tert-OH is 1. The Kier molecular flexibility index (Phi) is 8.32. The Morgan fingerprint density at radius 2 is 1.94 bits per heavy atom. The maximum Gasteiger partial charge on any atom is 0.162 e. The van der Waals surface area contributed by atoms with Crippen molar-refractivity contribution in [3.05, 3.63) is 64.9 Å². The van der Waals surface area contributed by atoms with Gasteiger partial charge in [0.2, 0.25) is 0 Å². The molecule has 1 atom stereocenters. The topological polar surface area (TPSA) is 91.8 Å². The fourth-order valence-corrected chi connectivity index (χ4v) is 3.59. The van der Waals surface area contributed by atoms with Gasteiger partial charge in [0.15, 0.2) is 5.78 Å². The molecule has 3 N–H and O–H groups in total. The Bertz CT molecular complexity index is 1060. The average Bonchev–Trinajstić information content (AvgIpc) is 3.35. The Morgan fingerprint density at radius 1 is 1.19 bits per heavy atom. The summed E-state index contributed by atoms with van der Waals surface area (Å²) in [6.07, 6.45) is 5.69. The van der Waals surface area contributed by atoms with Gasteiger partial charge in [0, 0.05) is 42.1 Å². The summed E-state index contributed by atoms with van der Waals surface area (Å²) in [6.45, 7) is 7.12. The number of ketones is 1. The lowest BCUT2D eigenvalue weighted by molar-refractivity contribution is 0.0877. The molecule has 166 valence electrons. The van der Waals surface area contributed by atoms with Crippen LogP contribution in [0.1, 0.15) is 53.7 Å². The second kappa shape index (κ2) is 11.4. The normalized spacial score (nSPS) is 13.6. The fraction of sp³-hybridized carbons (Fsp3) is 0.346. The summed E-state index contributed by atoms with van der Waals surface area (Å²) in [6, 6.07) is 9.12. The zero-order valence-electron chi connectivity index (χ0n) is 18.7. The van der Waals surface area contributed by atoms with Crippen molar-refractivity contribution >= 4 is 23.4 Å². The van der Waals surface area contributed by atoms with Gasteiger partial charge in [-0.2, -0.15) is 0 Å². The van der Waals surface area contributed by atoms with Gasteiger partial charge in [-0.15, -0.1) is 0 Å². The van der Waals surface area contributed by atoms with Crippen LogP contribution < -0.4 is 5.73 Å². The van der Waals surface area contributed by atoms with E-state index in [4.69, 9.17) is 5.73 Å². The first-order valence-electron chi connectivity index (χ1n) is 11.0. The number of aliphatic imine (C=N–C) groups is 1. The van der Waals surface area contributed by atoms with Gasteiger partial charge in [-0.25, -0.2) is 4.98 Å². The van der Waals surface area contributed by atoms with Crippen LogP contribution in [-0.2, 0) is 0 Å². The largest absolute Gasteiger partial charge is 0.392 e. The van der Waals surface area contributed by atoms with Crippen LogP contribution in [0, 0.1) is 11.8 Å². The molecule has 6 nitrogen and oxygen atoms in total. The first-order chi connectivity index (χ1) is 15.5. The molecule has 0 radical (unpaired) electrons. The molecule has 0 bridgehead atoms. The van der Waals surface area contributed by atoms with E-state index in [0.717, 1.165) is 29.8 Å². The highest BCUT2D eigenvalue weighted by Crippen LogP contribution is 2.23. The minimum Gasteiger partial charge on any atom is -0.392 e. The van der Waals surface area contributed by atoms with E-state index in [1.165, 1.54) is 0 Å². The van der Waals surface area contributed by atoms with Gasteiger partial charge in [-0.1, -0.05) is 37.8 Å². The lowest BCUT2D eigenvalue weighted by Crippen LogP contribution is -2.32. The first kappa shape index (κ1) is 23.4. The molecule has 1 aliphatic heterocycles. The van der Waals surface area contributed by atoms with Crippen LogP contribution in [0.2, 0.25) is 0 Å². The molecule has 2 aromatic rings. The third-order valence-corrected chi connectivity index (χ3v) is 5.58. The lowest BCUT2D eigenvalue weighted by atomic mass is 10.0. The zero-order valence-corrected chi connectivity index (χ0v) is 18.7. The van der Waals surface area contributed by atoms with Gasteiger partial charge in [-0.3, -0.25) is 9.79 Å². The molecule has 32 heavy (non-hydrogen) atoms. The van der Waals surface area contributed by atoms with E-state index in [2.05, 4.69) is 40.6 Å². The number of nitrogens with zero attached hydrogens (tertiary/aromatic N) is 3. The summed E-state index contributed by atoms with van der Waals surface area (Å²) in [7, 11) is 0. The second-order valence-corrected chi connectivity index (χ2v) is 7.73. The molecule has 2 heterocycles. The monoisotopic (exact) mass is 430 g/mol. The van der Waals surface area contributed by atoms with E-state index in [0.29, 0.717) is 42.9 Å². The van der Waals surface area contributed by atoms with Crippen molar-refractivity contribution in [2.45, 2.75) is 32.8 Å². The maximum absolute atomic E-state index is 12.5. The predicted molar refractivity (Wildman–Crippen MR) is 130 cm³/mol. The summed E-state index contributed by atoms with van der Waals surface area (Å²) in [5.41, 5.74) is 10.2. The van der Waals surface area contributed by atoms with Gasteiger partial charge < -0.3 is 15.7 Å². The highest BCUT2D eigenvalue weighted by Gasteiger charge is 2.13. The number of carbonyl (C=O) groups is 1. The van der Waals surface area contributed by atoms with E-state index in [1.807, 2.05) is 24.3 Å². The standard InChI is InChI=1S/C26H30N4O2/c1-3-30(4-2)18-22(31)10-12-25(32)20-8-5-19(6-9-20)7-11-24-23(14-16-29-26(24)27)21-13-15-28-17-21/h5-6,8-9,13-16,22,31H,3-4,10,12,17-18H2,1-2H3,(H2,27,29). The first-order valence-corrected chi connectivity index (χ1v) is 11.0. The second-order valence-electron chi connectivity index (χ2n) is 7.73. The van der Waals surface area contributed by atoms with Crippen LogP contribution in [0.15, 0.2) is 47.6 Å². The van der Waals surface area contributed by atoms with Gasteiger partial charge >= 0.3 is 0 Å². The predicted octanol–water partition coefficient (Wildman–Crippen LogP) is 3.20. The number of aliphatic hydroxyl groups is 1. The number of anilines is 1. The van der Waals surface area contributed by atoms with Gasteiger partial charge in [0.25, 0.3) is 0 Å². The van der Waals surface area contributed by atoms with Crippen LogP contribution >= 0.6 is 0 Å². The summed E-state index contributed by atoms with van der Waals surface area (Å²) < 4.78 is 0. The van der Waals surface area contributed by atoms with Gasteiger partial charge in [0.05, 0.1) is 18.2 Å². The number of nitrogen functional groups attached to an aromatic ring is 1. The van der Waals surface area contributed by atoms with Crippen molar-refractivity contribution in [2.24, 2.45) is 4.99 Å². The van der Waals surface area contributed by atoms with Crippen molar-refractivity contribution in [3.8, 4) is 11.8 Å². The van der Waals surface area contributed by atoms with Crippen molar-refractivity contribution in [1.29, 1.82) is 0 Å². The molecule has 1 aromatic heterocycles. The molecular formula is C26H30N4O2. The highest BCUT2D eigenvalue weighted by atomic mass is 16.3. The number of Topliss-reactive ketones (excluding diaryl/α,β-unsaturated/α-hetero) is 1. The Hall–Kier alpha value is -3.27. The fourth-order valence-electron chi connectivity index (χ4n) is 3.59. The van der Waals surface area contributed by atoms with E-state index < -0.39 is 6.10 Å². The minimum absolute atomic E-state index is 0.0232. The summed E-state index contributed by atoms with van der Waals surface area (Å²) >= 11 is 0. The molecule has 0 saturated heterocycles. The van der Waals surface area contributed by atoms with Crippen LogP contribution in [0.3, 0.4) is 0 Å². The van der Waals surface area contributed by atoms with Crippen LogP contribution in [0.4, 0.5) is 5.82 Å². The van der Waals surface area contributed by atoms with Crippen LogP contribution in [-0.4, -0.2) is 59.3 Å². The molecule has 6 heteroatoms. The molecule has 0 amide bonds. The van der Waals surface area contributed by atoms with E-state index in [9.17, 15) is 9.90 Å². The number of allylic oxidation sites excluding steroid dienone is 1. The van der Waals surface area contributed by atoms with Crippen LogP contribution in [0.25, 0.3) is 5.57 Å². The third-order valence-electron chi connectivity index (χ3n) is 5.58. The number of benzene rings is 1. The molecule has 0 saturated carbocycles. The highest BCUT2D eigenvalue weighted by molar-refractivity contribution is 5.96. The van der Waals surface area contributed by atoms with E-state index in [-0.39, 0.29) is 5.78 Å². The summed E-state index contributed by atoms with van der Waals surface area (Å²) in [5.74, 6) is 6.67. The molecule has 3 rings (SSSR count). The van der Waals surface area contributed by atoms with Crippen molar-refractivity contribution in [3.63, 3.8) is 0 Å². The van der Waals surface area contributed by atoms with Gasteiger partial charge in [-0.05, 0) is 49.4 Å². The SMILES string of the molecule is CCN(CC)CC(O)CCC(=O)c1ccc(C#Cc2c(C3=CC=NC3)ccnc2N)cc1. The Morgan fingerprint density at radius 3 is 2.59 bits per heavy atom. The molecule has 0 aliphatic carbocycles. The van der Waals surface area contributed by atoms with Gasteiger partial charge in [0.1, 0.15) is 5.82 Å². The quantitative estimate of drug-likeness (QED) is 0.471. The summed E-state index contributed by atoms with van der Waals surface area (Å²) in [5, 5.41) is 10.2. The number of hydrogen-bond acceptors (Lipinski definition) is 6. The number of hydrogen-bond donors (Lipinski definition) is 2. The number of pyridine rings is 1. The molecule has 0 fully saturated rings. The number of aromatic nitrogens is 1. The lowest BCUT2D eigenvalue weighted by Gasteiger charge is -2.21. The number of rotatable bonds is 9. The smallest absolute Gasteiger partial charge is 0.162 e. The number of likely N-dealkylation sites (N-methyl/N-ethyl adjacent to an activating group) is 1. The van der Waals surface area contributed by atoms with Crippen molar-refractivity contribution < 1.29 is 9.90 Å². The van der Waals surface area contributed by atoms with Crippen molar-refractivity contribution in [2.75, 3.05) is 31.9 Å². The molecule has 1 aromatic carbocycles. The molecule has 1 unspecified atom stereocenters. The maximum atomic E-state index is 12.5. The van der Waals surface area contributed by atoms with E-state index >= 15 is 0 Å². The average molecular weight is 431 g/mol. The van der Waals surface area contributed by atoms with Crippen LogP contribution in [0.5, 0.6) is 0 Å². The zero-order chi connectivity index (χ0) is 22.9. The number of nitrogens with two attached hydrogens (primary N) is 1. The third kappa shape index (κ3) is 6.13. The number of carbonyl (C=O) groups excluding carboxylic acids is 1. The molecular weight excluding hydrogens is 400 g/mol. The Balaban J connectivity index is 1.64. The Labute approximate surface area is 189 Å². The van der Waals surface area contributed by atoms with E-state index in [1.54, 1.807) is 24.5 Å². The molecule has 1 aliphatic rings. The van der Waals surface area contributed by atoms with Crippen molar-refractivity contribution in [1.82, 2.24) is 9.88 Å².